The maximum absolute atomic E-state index is 11.1. The van der Waals surface area contributed by atoms with Crippen molar-refractivity contribution in [1.82, 2.24) is 4.98 Å². The highest BCUT2D eigenvalue weighted by Crippen LogP contribution is 2.26. The zero-order valence-corrected chi connectivity index (χ0v) is 11.3. The van der Waals surface area contributed by atoms with Crippen LogP contribution in [0.25, 0.3) is 10.9 Å². The van der Waals surface area contributed by atoms with Gasteiger partial charge in [-0.1, -0.05) is 15.9 Å². The van der Waals surface area contributed by atoms with Crippen molar-refractivity contribution in [2.75, 3.05) is 0 Å². The van der Waals surface area contributed by atoms with Gasteiger partial charge >= 0.3 is 5.97 Å². The van der Waals surface area contributed by atoms with Gasteiger partial charge in [0.25, 0.3) is 0 Å². The molecule has 2 aromatic rings. The normalized spacial score (nSPS) is 11.9. The number of nitrogens with one attached hydrogen (secondary N) is 1. The van der Waals surface area contributed by atoms with Crippen molar-refractivity contribution in [2.45, 2.75) is 20.3 Å². The van der Waals surface area contributed by atoms with Gasteiger partial charge in [0.2, 0.25) is 0 Å². The van der Waals surface area contributed by atoms with Crippen molar-refractivity contribution in [3.05, 3.63) is 34.4 Å². The van der Waals surface area contributed by atoms with Crippen LogP contribution in [0.5, 0.6) is 0 Å². The molecule has 0 aliphatic heterocycles. The van der Waals surface area contributed by atoms with Crippen LogP contribution >= 0.6 is 15.9 Å². The summed E-state index contributed by atoms with van der Waals surface area (Å²) in [5.41, 5.74) is 1.23. The van der Waals surface area contributed by atoms with Gasteiger partial charge in [-0.15, -0.1) is 0 Å². The van der Waals surface area contributed by atoms with Crippen LogP contribution < -0.4 is 0 Å². The third-order valence-corrected chi connectivity index (χ3v) is 3.34. The van der Waals surface area contributed by atoms with E-state index < -0.39 is 11.4 Å². The second kappa shape index (κ2) is 4.18. The molecule has 4 heteroatoms. The van der Waals surface area contributed by atoms with E-state index in [-0.39, 0.29) is 0 Å². The summed E-state index contributed by atoms with van der Waals surface area (Å²) in [5.74, 6) is -0.780. The van der Waals surface area contributed by atoms with Gasteiger partial charge in [-0.3, -0.25) is 4.79 Å². The third kappa shape index (κ3) is 2.52. The first-order valence-corrected chi connectivity index (χ1v) is 6.18. The molecular weight excluding hydrogens is 282 g/mol. The van der Waals surface area contributed by atoms with E-state index in [0.29, 0.717) is 6.42 Å². The van der Waals surface area contributed by atoms with E-state index in [1.807, 2.05) is 24.3 Å². The molecule has 0 aliphatic carbocycles. The summed E-state index contributed by atoms with van der Waals surface area (Å²) in [6.45, 7) is 3.47. The van der Waals surface area contributed by atoms with Crippen LogP contribution in [0.2, 0.25) is 0 Å². The minimum Gasteiger partial charge on any atom is -0.481 e. The van der Waals surface area contributed by atoms with Crippen LogP contribution in [0.15, 0.2) is 28.7 Å². The van der Waals surface area contributed by atoms with Crippen LogP contribution in [0.3, 0.4) is 0 Å². The van der Waals surface area contributed by atoms with Gasteiger partial charge in [0, 0.05) is 27.5 Å². The first-order valence-electron chi connectivity index (χ1n) is 5.39. The Balaban J connectivity index is 2.34. The number of aromatic nitrogens is 1. The van der Waals surface area contributed by atoms with Crippen molar-refractivity contribution >= 4 is 32.8 Å². The number of halogens is 1. The quantitative estimate of drug-likeness (QED) is 0.909. The number of rotatable bonds is 3. The van der Waals surface area contributed by atoms with E-state index in [2.05, 4.69) is 20.9 Å². The minimum absolute atomic E-state index is 0.495. The van der Waals surface area contributed by atoms with Crippen molar-refractivity contribution in [2.24, 2.45) is 5.41 Å². The fourth-order valence-electron chi connectivity index (χ4n) is 1.81. The summed E-state index contributed by atoms with van der Waals surface area (Å²) in [4.78, 5) is 14.3. The molecular formula is C13H14BrNO2. The maximum Gasteiger partial charge on any atom is 0.309 e. The lowest BCUT2D eigenvalue weighted by Crippen LogP contribution is -2.26. The average molecular weight is 296 g/mol. The Hall–Kier alpha value is -1.29. The largest absolute Gasteiger partial charge is 0.481 e. The second-order valence-electron chi connectivity index (χ2n) is 4.89. The van der Waals surface area contributed by atoms with Crippen molar-refractivity contribution in [3.63, 3.8) is 0 Å². The Kier molecular flexibility index (Phi) is 3.00. The smallest absolute Gasteiger partial charge is 0.309 e. The first kappa shape index (κ1) is 12.2. The molecule has 0 saturated carbocycles. The van der Waals surface area contributed by atoms with Gasteiger partial charge in [0.15, 0.2) is 0 Å². The number of H-pyrrole nitrogens is 1. The highest BCUT2D eigenvalue weighted by Gasteiger charge is 2.27. The van der Waals surface area contributed by atoms with Gasteiger partial charge in [0.1, 0.15) is 0 Å². The number of aromatic amines is 1. The van der Waals surface area contributed by atoms with Crippen molar-refractivity contribution in [1.29, 1.82) is 0 Å². The van der Waals surface area contributed by atoms with E-state index in [1.165, 1.54) is 0 Å². The predicted octanol–water partition coefficient (Wildman–Crippen LogP) is 3.58. The van der Waals surface area contributed by atoms with Gasteiger partial charge in [-0.05, 0) is 38.1 Å². The predicted molar refractivity (Wildman–Crippen MR) is 71.1 cm³/mol. The molecule has 0 bridgehead atoms. The summed E-state index contributed by atoms with van der Waals surface area (Å²) in [6.07, 6.45) is 0.495. The lowest BCUT2D eigenvalue weighted by Gasteiger charge is -2.17. The Morgan fingerprint density at radius 1 is 1.41 bits per heavy atom. The van der Waals surface area contributed by atoms with Crippen LogP contribution in [0.1, 0.15) is 19.5 Å². The molecule has 0 saturated heterocycles. The van der Waals surface area contributed by atoms with E-state index >= 15 is 0 Å². The van der Waals surface area contributed by atoms with Crippen LogP contribution in [-0.4, -0.2) is 16.1 Å². The minimum atomic E-state index is -0.780. The molecule has 2 rings (SSSR count). The number of aliphatic carboxylic acids is 1. The summed E-state index contributed by atoms with van der Waals surface area (Å²) in [7, 11) is 0. The second-order valence-corrected chi connectivity index (χ2v) is 5.81. The summed E-state index contributed by atoms with van der Waals surface area (Å²) in [6, 6.07) is 7.97. The number of hydrogen-bond donors (Lipinski definition) is 2. The number of benzene rings is 1. The summed E-state index contributed by atoms with van der Waals surface area (Å²) < 4.78 is 1.02. The lowest BCUT2D eigenvalue weighted by molar-refractivity contribution is -0.146. The molecule has 2 N–H and O–H groups in total. The number of carboxylic acid groups (broad SMARTS) is 1. The van der Waals surface area contributed by atoms with Crippen molar-refractivity contribution in [3.8, 4) is 0 Å². The fourth-order valence-corrected chi connectivity index (χ4v) is 2.19. The average Bonchev–Trinajstić information content (AvgIpc) is 2.57. The molecule has 1 aromatic carbocycles. The first-order chi connectivity index (χ1) is 7.88. The van der Waals surface area contributed by atoms with Gasteiger partial charge < -0.3 is 10.1 Å². The molecule has 0 spiro atoms. The lowest BCUT2D eigenvalue weighted by atomic mass is 9.88. The van der Waals surface area contributed by atoms with Crippen LogP contribution in [0.4, 0.5) is 0 Å². The Morgan fingerprint density at radius 3 is 2.76 bits per heavy atom. The van der Waals surface area contributed by atoms with Crippen LogP contribution in [-0.2, 0) is 11.2 Å². The zero-order valence-electron chi connectivity index (χ0n) is 9.75. The van der Waals surface area contributed by atoms with E-state index in [9.17, 15) is 4.79 Å². The standard InChI is InChI=1S/C13H14BrNO2/c1-13(2,12(16)17)7-10-6-8-5-9(14)3-4-11(8)15-10/h3-6,15H,7H2,1-2H3,(H,16,17). The molecule has 0 atom stereocenters. The molecule has 0 aliphatic rings. The summed E-state index contributed by atoms with van der Waals surface area (Å²) in [5, 5.41) is 10.2. The van der Waals surface area contributed by atoms with Gasteiger partial charge in [-0.25, -0.2) is 0 Å². The third-order valence-electron chi connectivity index (χ3n) is 2.85. The molecule has 0 unspecified atom stereocenters. The Morgan fingerprint density at radius 2 is 2.12 bits per heavy atom. The zero-order chi connectivity index (χ0) is 12.6. The Labute approximate surface area is 108 Å². The molecule has 1 heterocycles. The summed E-state index contributed by atoms with van der Waals surface area (Å²) >= 11 is 3.42. The number of hydrogen-bond acceptors (Lipinski definition) is 1. The van der Waals surface area contributed by atoms with E-state index in [0.717, 1.165) is 21.1 Å². The molecule has 1 aromatic heterocycles. The molecule has 3 nitrogen and oxygen atoms in total. The molecule has 0 radical (unpaired) electrons. The molecule has 0 fully saturated rings. The number of fused-ring (bicyclic) bond motifs is 1. The monoisotopic (exact) mass is 295 g/mol. The van der Waals surface area contributed by atoms with Crippen molar-refractivity contribution < 1.29 is 9.90 Å². The molecule has 0 amide bonds. The molecule has 17 heavy (non-hydrogen) atoms. The Bertz CT molecular complexity index is 572. The van der Waals surface area contributed by atoms with Gasteiger partial charge in [0.05, 0.1) is 5.41 Å². The van der Waals surface area contributed by atoms with E-state index in [1.54, 1.807) is 13.8 Å². The van der Waals surface area contributed by atoms with Gasteiger partial charge in [-0.2, -0.15) is 0 Å². The number of carbonyl (C=O) groups is 1. The van der Waals surface area contributed by atoms with E-state index in [4.69, 9.17) is 5.11 Å². The highest BCUT2D eigenvalue weighted by atomic mass is 79.9. The maximum atomic E-state index is 11.1. The number of carboxylic acids is 1. The fraction of sp³-hybridized carbons (Fsp3) is 0.308. The molecule has 90 valence electrons. The highest BCUT2D eigenvalue weighted by molar-refractivity contribution is 9.10. The van der Waals surface area contributed by atoms with Crippen LogP contribution in [0, 0.1) is 5.41 Å². The topological polar surface area (TPSA) is 53.1 Å². The SMILES string of the molecule is CC(C)(Cc1cc2cc(Br)ccc2[nH]1)C(=O)O.